The molecule has 0 amide bonds. The number of nitrogens with zero attached hydrogens (tertiary/aromatic N) is 1. The molecule has 1 aliphatic carbocycles. The molecular formula is C14H28N2O2S. The molecule has 2 aliphatic rings. The highest BCUT2D eigenvalue weighted by molar-refractivity contribution is 7.91. The van der Waals surface area contributed by atoms with Crippen LogP contribution in [0.25, 0.3) is 0 Å². The van der Waals surface area contributed by atoms with E-state index in [1.54, 1.807) is 0 Å². The standard InChI is InChI=1S/C14H28N2O2S/c1-16(12-6-4-9-15-10-8-12)13-5-3-7-14(11-13)19(2,17)18/h12-15H,3-11H2,1-2H3. The quantitative estimate of drug-likeness (QED) is 0.853. The van der Waals surface area contributed by atoms with Gasteiger partial charge in [0.05, 0.1) is 5.25 Å². The molecule has 2 fully saturated rings. The molecule has 4 nitrogen and oxygen atoms in total. The molecule has 0 bridgehead atoms. The molecule has 0 aromatic carbocycles. The molecule has 0 aromatic heterocycles. The summed E-state index contributed by atoms with van der Waals surface area (Å²) in [7, 11) is -0.670. The van der Waals surface area contributed by atoms with Crippen molar-refractivity contribution in [1.29, 1.82) is 0 Å². The summed E-state index contributed by atoms with van der Waals surface area (Å²) in [5.74, 6) is 0. The highest BCUT2D eigenvalue weighted by Gasteiger charge is 2.32. The summed E-state index contributed by atoms with van der Waals surface area (Å²) in [4.78, 5) is 2.48. The Morgan fingerprint density at radius 1 is 1.00 bits per heavy atom. The molecular weight excluding hydrogens is 260 g/mol. The van der Waals surface area contributed by atoms with Crippen LogP contribution in [0.3, 0.4) is 0 Å². The minimum atomic E-state index is -2.87. The average Bonchev–Trinajstić information content (AvgIpc) is 2.66. The van der Waals surface area contributed by atoms with Gasteiger partial charge in [0.15, 0.2) is 0 Å². The zero-order chi connectivity index (χ0) is 13.9. The van der Waals surface area contributed by atoms with E-state index in [0.717, 1.165) is 38.8 Å². The van der Waals surface area contributed by atoms with Crippen molar-refractivity contribution in [2.75, 3.05) is 26.4 Å². The van der Waals surface area contributed by atoms with Crippen LogP contribution in [0.4, 0.5) is 0 Å². The van der Waals surface area contributed by atoms with Gasteiger partial charge in [-0.05, 0) is 58.7 Å². The summed E-state index contributed by atoms with van der Waals surface area (Å²) in [5.41, 5.74) is 0. The van der Waals surface area contributed by atoms with E-state index in [2.05, 4.69) is 17.3 Å². The molecule has 112 valence electrons. The van der Waals surface area contributed by atoms with Crippen molar-refractivity contribution in [3.63, 3.8) is 0 Å². The van der Waals surface area contributed by atoms with Crippen molar-refractivity contribution in [2.24, 2.45) is 0 Å². The van der Waals surface area contributed by atoms with Crippen LogP contribution in [0.15, 0.2) is 0 Å². The van der Waals surface area contributed by atoms with Crippen LogP contribution < -0.4 is 5.32 Å². The first-order chi connectivity index (χ1) is 8.98. The van der Waals surface area contributed by atoms with E-state index in [4.69, 9.17) is 0 Å². The van der Waals surface area contributed by atoms with E-state index in [0.29, 0.717) is 12.1 Å². The SMILES string of the molecule is CN(C1CCCNCC1)C1CCCC(S(C)(=O)=O)C1. The largest absolute Gasteiger partial charge is 0.317 e. The van der Waals surface area contributed by atoms with Crippen LogP contribution in [-0.4, -0.2) is 57.0 Å². The number of nitrogens with one attached hydrogen (secondary N) is 1. The minimum Gasteiger partial charge on any atom is -0.317 e. The van der Waals surface area contributed by atoms with E-state index in [-0.39, 0.29) is 5.25 Å². The van der Waals surface area contributed by atoms with Crippen LogP contribution in [0, 0.1) is 0 Å². The maximum atomic E-state index is 11.8. The molecule has 5 heteroatoms. The molecule has 0 aromatic rings. The van der Waals surface area contributed by atoms with Gasteiger partial charge in [0.1, 0.15) is 9.84 Å². The van der Waals surface area contributed by atoms with Gasteiger partial charge in [-0.1, -0.05) is 6.42 Å². The van der Waals surface area contributed by atoms with Gasteiger partial charge in [0.25, 0.3) is 0 Å². The lowest BCUT2D eigenvalue weighted by molar-refractivity contribution is 0.129. The van der Waals surface area contributed by atoms with Crippen molar-refractivity contribution in [2.45, 2.75) is 62.3 Å². The molecule has 0 spiro atoms. The molecule has 3 unspecified atom stereocenters. The van der Waals surface area contributed by atoms with Gasteiger partial charge < -0.3 is 10.2 Å². The summed E-state index contributed by atoms with van der Waals surface area (Å²) >= 11 is 0. The maximum absolute atomic E-state index is 11.8. The Labute approximate surface area is 117 Å². The molecule has 1 aliphatic heterocycles. The second kappa shape index (κ2) is 6.55. The number of hydrogen-bond acceptors (Lipinski definition) is 4. The second-order valence-corrected chi connectivity index (χ2v) is 8.60. The lowest BCUT2D eigenvalue weighted by Crippen LogP contribution is -2.45. The predicted molar refractivity (Wildman–Crippen MR) is 79.2 cm³/mol. The van der Waals surface area contributed by atoms with E-state index in [9.17, 15) is 8.42 Å². The number of hydrogen-bond donors (Lipinski definition) is 1. The van der Waals surface area contributed by atoms with E-state index < -0.39 is 9.84 Å². The Bertz CT molecular complexity index is 375. The maximum Gasteiger partial charge on any atom is 0.150 e. The fourth-order valence-corrected chi connectivity index (χ4v) is 4.75. The van der Waals surface area contributed by atoms with Gasteiger partial charge >= 0.3 is 0 Å². The highest BCUT2D eigenvalue weighted by Crippen LogP contribution is 2.29. The molecule has 1 N–H and O–H groups in total. The Hall–Kier alpha value is -0.130. The summed E-state index contributed by atoms with van der Waals surface area (Å²) in [5, 5.41) is 3.33. The first kappa shape index (κ1) is 15.3. The van der Waals surface area contributed by atoms with Gasteiger partial charge in [0, 0.05) is 18.3 Å². The zero-order valence-corrected chi connectivity index (χ0v) is 13.1. The summed E-state index contributed by atoms with van der Waals surface area (Å²) in [6.45, 7) is 2.22. The zero-order valence-electron chi connectivity index (χ0n) is 12.3. The monoisotopic (exact) mass is 288 g/mol. The third-order valence-electron chi connectivity index (χ3n) is 4.90. The fourth-order valence-electron chi connectivity index (χ4n) is 3.59. The Kier molecular flexibility index (Phi) is 5.26. The molecule has 0 radical (unpaired) electrons. The van der Waals surface area contributed by atoms with E-state index in [1.165, 1.54) is 25.5 Å². The normalized spacial score (nSPS) is 34.2. The Balaban J connectivity index is 1.96. The summed E-state index contributed by atoms with van der Waals surface area (Å²) in [6, 6.07) is 1.08. The third kappa shape index (κ3) is 4.17. The second-order valence-electron chi connectivity index (χ2n) is 6.27. The first-order valence-corrected chi connectivity index (χ1v) is 9.55. The van der Waals surface area contributed by atoms with Crippen molar-refractivity contribution >= 4 is 9.84 Å². The fraction of sp³-hybridized carbons (Fsp3) is 1.00. The molecule has 1 saturated heterocycles. The smallest absolute Gasteiger partial charge is 0.150 e. The molecule has 2 rings (SSSR count). The van der Waals surface area contributed by atoms with Crippen molar-refractivity contribution in [3.05, 3.63) is 0 Å². The predicted octanol–water partition coefficient (Wildman–Crippen LogP) is 1.42. The van der Waals surface area contributed by atoms with Crippen LogP contribution in [0.1, 0.15) is 44.9 Å². The average molecular weight is 288 g/mol. The summed E-state index contributed by atoms with van der Waals surface area (Å²) < 4.78 is 23.5. The molecule has 1 heterocycles. The van der Waals surface area contributed by atoms with Gasteiger partial charge in [-0.15, -0.1) is 0 Å². The minimum absolute atomic E-state index is 0.113. The van der Waals surface area contributed by atoms with Crippen LogP contribution in [-0.2, 0) is 9.84 Å². The van der Waals surface area contributed by atoms with Crippen LogP contribution in [0.5, 0.6) is 0 Å². The van der Waals surface area contributed by atoms with Crippen LogP contribution >= 0.6 is 0 Å². The lowest BCUT2D eigenvalue weighted by atomic mass is 9.92. The Morgan fingerprint density at radius 2 is 1.74 bits per heavy atom. The topological polar surface area (TPSA) is 49.4 Å². The van der Waals surface area contributed by atoms with E-state index >= 15 is 0 Å². The number of rotatable bonds is 3. The lowest BCUT2D eigenvalue weighted by Gasteiger charge is -2.39. The van der Waals surface area contributed by atoms with Crippen molar-refractivity contribution < 1.29 is 8.42 Å². The van der Waals surface area contributed by atoms with Crippen molar-refractivity contribution in [1.82, 2.24) is 10.2 Å². The van der Waals surface area contributed by atoms with E-state index in [1.807, 2.05) is 0 Å². The third-order valence-corrected chi connectivity index (χ3v) is 6.54. The molecule has 19 heavy (non-hydrogen) atoms. The summed E-state index contributed by atoms with van der Waals surface area (Å²) in [6.07, 6.45) is 8.96. The van der Waals surface area contributed by atoms with Gasteiger partial charge in [-0.3, -0.25) is 0 Å². The highest BCUT2D eigenvalue weighted by atomic mass is 32.2. The molecule has 3 atom stereocenters. The number of sulfone groups is 1. The van der Waals surface area contributed by atoms with Crippen molar-refractivity contribution in [3.8, 4) is 0 Å². The van der Waals surface area contributed by atoms with Gasteiger partial charge in [0.2, 0.25) is 0 Å². The van der Waals surface area contributed by atoms with Gasteiger partial charge in [-0.25, -0.2) is 8.42 Å². The molecule has 1 saturated carbocycles. The first-order valence-electron chi connectivity index (χ1n) is 7.60. The van der Waals surface area contributed by atoms with Gasteiger partial charge in [-0.2, -0.15) is 0 Å². The van der Waals surface area contributed by atoms with Crippen LogP contribution in [0.2, 0.25) is 0 Å². The Morgan fingerprint density at radius 3 is 2.47 bits per heavy atom.